The molecule has 12 rings (SSSR count). The van der Waals surface area contributed by atoms with Gasteiger partial charge in [0, 0.05) is 60.1 Å². The van der Waals surface area contributed by atoms with Gasteiger partial charge in [0.2, 0.25) is 10.9 Å². The van der Waals surface area contributed by atoms with Gasteiger partial charge in [0.05, 0.1) is 29.2 Å². The Hall–Kier alpha value is -8.66. The molecule has 2 amide bonds. The Morgan fingerprint density at radius 1 is 0.608 bits per heavy atom. The van der Waals surface area contributed by atoms with E-state index in [9.17, 15) is 33.2 Å². The summed E-state index contributed by atoms with van der Waals surface area (Å²) in [6, 6.07) is 31.5. The number of carboxylic acids is 1. The minimum absolute atomic E-state index is 0.0422. The van der Waals surface area contributed by atoms with Crippen LogP contribution in [0.1, 0.15) is 89.1 Å². The first kappa shape index (κ1) is 47.7. The number of carbonyl (C=O) groups is 4. The van der Waals surface area contributed by atoms with Crippen molar-refractivity contribution in [2.24, 2.45) is 11.8 Å². The molecule has 4 aromatic carbocycles. The number of pyridine rings is 4. The predicted octanol–water partition coefficient (Wildman–Crippen LogP) is 9.02. The summed E-state index contributed by atoms with van der Waals surface area (Å²) >= 11 is 0. The highest BCUT2D eigenvalue weighted by molar-refractivity contribution is 5.98. The first-order valence-electron chi connectivity index (χ1n) is 24.7. The van der Waals surface area contributed by atoms with Crippen LogP contribution >= 0.6 is 0 Å². The van der Waals surface area contributed by atoms with E-state index in [-0.39, 0.29) is 63.6 Å². The van der Waals surface area contributed by atoms with E-state index in [1.807, 2.05) is 54.6 Å². The van der Waals surface area contributed by atoms with Crippen molar-refractivity contribution in [1.82, 2.24) is 29.7 Å². The molecule has 372 valence electrons. The van der Waals surface area contributed by atoms with Gasteiger partial charge in [-0.3, -0.25) is 28.8 Å². The Morgan fingerprint density at radius 3 is 1.47 bits per heavy atom. The van der Waals surface area contributed by atoms with E-state index in [0.717, 1.165) is 36.8 Å². The van der Waals surface area contributed by atoms with E-state index in [0.29, 0.717) is 75.1 Å². The molecule has 14 nitrogen and oxygen atoms in total. The number of benzene rings is 4. The lowest BCUT2D eigenvalue weighted by Crippen LogP contribution is -2.31. The molecule has 4 atom stereocenters. The van der Waals surface area contributed by atoms with E-state index < -0.39 is 29.5 Å². The monoisotopic (exact) mass is 994 g/mol. The molecular weight excluding hydrogens is 947 g/mol. The molecule has 0 radical (unpaired) electrons. The van der Waals surface area contributed by atoms with Gasteiger partial charge in [0.25, 0.3) is 11.8 Å². The number of fused-ring (bicyclic) bond motifs is 2. The summed E-state index contributed by atoms with van der Waals surface area (Å²) in [6.45, 7) is 2.07. The molecule has 4 aromatic heterocycles. The van der Waals surface area contributed by atoms with Crippen molar-refractivity contribution in [3.63, 3.8) is 0 Å². The first-order valence-corrected chi connectivity index (χ1v) is 24.7. The second kappa shape index (κ2) is 19.4. The fourth-order valence-electron chi connectivity index (χ4n) is 9.56. The number of hydrogen-bond acceptors (Lipinski definition) is 9. The Labute approximate surface area is 421 Å². The topological polar surface area (TPSA) is 192 Å². The van der Waals surface area contributed by atoms with E-state index in [4.69, 9.17) is 9.84 Å². The van der Waals surface area contributed by atoms with Gasteiger partial charge in [0.1, 0.15) is 34.1 Å². The maximum atomic E-state index is 15.1. The van der Waals surface area contributed by atoms with Crippen molar-refractivity contribution in [2.45, 2.75) is 69.4 Å². The lowest BCUT2D eigenvalue weighted by atomic mass is 10.0. The lowest BCUT2D eigenvalue weighted by Gasteiger charge is -2.14. The Morgan fingerprint density at radius 2 is 1.05 bits per heavy atom. The third-order valence-electron chi connectivity index (χ3n) is 14.0. The average molecular weight is 995 g/mol. The highest BCUT2D eigenvalue weighted by atomic mass is 19.1. The van der Waals surface area contributed by atoms with Crippen LogP contribution < -0.4 is 21.5 Å². The zero-order chi connectivity index (χ0) is 51.4. The SMILES string of the molecule is CCOC(=O)[C@@H]1C[C@H]1c1ccc(-c2cccc(-n3cc(C(=O)NC4CC4)c(=O)c4cccnc43)c2)cc1F.O=C(NC1CC1)c1cn(-c2cccc(-c3ccc([C@@H]4C[C@H]4C(=O)O)c(F)c3)c2)c2ncccc2c1=O. The van der Waals surface area contributed by atoms with Gasteiger partial charge >= 0.3 is 11.9 Å². The molecule has 4 heterocycles. The fraction of sp³-hybridized carbons (Fsp3) is 0.241. The van der Waals surface area contributed by atoms with Gasteiger partial charge < -0.3 is 29.6 Å². The molecule has 4 aliphatic rings. The smallest absolute Gasteiger partial charge is 0.309 e. The highest BCUT2D eigenvalue weighted by Gasteiger charge is 2.47. The van der Waals surface area contributed by atoms with Crippen molar-refractivity contribution in [2.75, 3.05) is 6.61 Å². The van der Waals surface area contributed by atoms with Gasteiger partial charge in [0.15, 0.2) is 0 Å². The average Bonchev–Trinajstić information content (AvgIpc) is 4.17. The largest absolute Gasteiger partial charge is 0.481 e. The molecule has 4 aliphatic carbocycles. The van der Waals surface area contributed by atoms with Crippen LogP contribution in [-0.4, -0.2) is 66.7 Å². The van der Waals surface area contributed by atoms with Crippen molar-refractivity contribution in [1.29, 1.82) is 0 Å². The summed E-state index contributed by atoms with van der Waals surface area (Å²) in [5.74, 6) is -4.03. The van der Waals surface area contributed by atoms with Gasteiger partial charge in [-0.15, -0.1) is 0 Å². The highest BCUT2D eigenvalue weighted by Crippen LogP contribution is 2.50. The molecule has 16 heteroatoms. The number of aliphatic carboxylic acids is 1. The third kappa shape index (κ3) is 9.57. The van der Waals surface area contributed by atoms with Gasteiger partial charge in [-0.1, -0.05) is 48.5 Å². The van der Waals surface area contributed by atoms with E-state index >= 15 is 4.39 Å². The number of ether oxygens (including phenoxy) is 1. The minimum Gasteiger partial charge on any atom is -0.481 e. The number of esters is 1. The molecular formula is C58H48F2N6O8. The maximum absolute atomic E-state index is 15.1. The van der Waals surface area contributed by atoms with Crippen molar-refractivity contribution < 1.29 is 37.8 Å². The Balaban J connectivity index is 0.000000159. The number of nitrogens with one attached hydrogen (secondary N) is 2. The van der Waals surface area contributed by atoms with Crippen LogP contribution in [0, 0.1) is 23.5 Å². The van der Waals surface area contributed by atoms with Crippen LogP contribution in [0.25, 0.3) is 55.7 Å². The number of nitrogens with zero attached hydrogens (tertiary/aromatic N) is 4. The zero-order valence-electron chi connectivity index (χ0n) is 40.0. The molecule has 0 unspecified atom stereocenters. The van der Waals surface area contributed by atoms with Crippen LogP contribution in [-0.2, 0) is 14.3 Å². The molecule has 8 aromatic rings. The zero-order valence-corrected chi connectivity index (χ0v) is 40.0. The summed E-state index contributed by atoms with van der Waals surface area (Å²) in [5.41, 5.74) is 5.28. The van der Waals surface area contributed by atoms with Crippen LogP contribution in [0.2, 0.25) is 0 Å². The summed E-state index contributed by atoms with van der Waals surface area (Å²) in [5, 5.41) is 15.6. The van der Waals surface area contributed by atoms with Crippen molar-refractivity contribution >= 4 is 45.8 Å². The summed E-state index contributed by atoms with van der Waals surface area (Å²) in [4.78, 5) is 83.8. The van der Waals surface area contributed by atoms with E-state index in [2.05, 4.69) is 20.6 Å². The lowest BCUT2D eigenvalue weighted by molar-refractivity contribution is -0.144. The Kier molecular flexibility index (Phi) is 12.5. The summed E-state index contributed by atoms with van der Waals surface area (Å²) in [6.07, 6.45) is 10.9. The van der Waals surface area contributed by atoms with Gasteiger partial charge in [-0.2, -0.15) is 0 Å². The fourth-order valence-corrected chi connectivity index (χ4v) is 9.56. The van der Waals surface area contributed by atoms with E-state index in [1.54, 1.807) is 70.9 Å². The first-order chi connectivity index (χ1) is 35.8. The van der Waals surface area contributed by atoms with Crippen LogP contribution in [0.4, 0.5) is 8.78 Å². The molecule has 0 saturated heterocycles. The molecule has 4 saturated carbocycles. The molecule has 0 spiro atoms. The second-order valence-corrected chi connectivity index (χ2v) is 19.3. The number of aromatic nitrogens is 4. The number of rotatable bonds is 13. The number of carbonyl (C=O) groups excluding carboxylic acids is 3. The van der Waals surface area contributed by atoms with Crippen LogP contribution in [0.5, 0.6) is 0 Å². The second-order valence-electron chi connectivity index (χ2n) is 19.3. The summed E-state index contributed by atoms with van der Waals surface area (Å²) in [7, 11) is 0. The maximum Gasteiger partial charge on any atom is 0.309 e. The number of carboxylic acid groups (broad SMARTS) is 1. The number of amides is 2. The third-order valence-corrected chi connectivity index (χ3v) is 14.0. The predicted molar refractivity (Wildman–Crippen MR) is 272 cm³/mol. The summed E-state index contributed by atoms with van der Waals surface area (Å²) < 4.78 is 38.5. The Bertz CT molecular complexity index is 3740. The quantitative estimate of drug-likeness (QED) is 0.0940. The standard InChI is InChI=1S/C30H26FN3O4.C28H22FN3O4/c1-2-38-30(37)24-15-23(24)21-11-8-18(14-26(21)31)17-5-3-6-20(13-17)34-16-25(29(36)33-19-9-10-19)27(35)22-7-4-12-32-28(22)34;29-24-12-16(6-9-19(24)21-13-22(21)28(35)36)15-3-1-4-18(11-15)32-14-23(27(34)31-17-7-8-17)25(33)20-5-2-10-30-26(20)32/h3-8,11-14,16,19,23-24H,2,9-10,15H2,1H3,(H,33,36);1-6,9-12,14,17,21-22H,7-8,13H2,(H,31,34)(H,35,36)/t23-,24+;21-,22+/m00/s1. The van der Waals surface area contributed by atoms with Gasteiger partial charge in [-0.25, -0.2) is 18.7 Å². The molecule has 3 N–H and O–H groups in total. The normalized spacial score (nSPS) is 18.5. The van der Waals surface area contributed by atoms with Crippen LogP contribution in [0.15, 0.2) is 144 Å². The van der Waals surface area contributed by atoms with E-state index in [1.165, 1.54) is 24.5 Å². The van der Waals surface area contributed by atoms with Crippen molar-refractivity contribution in [3.05, 3.63) is 188 Å². The number of halogens is 2. The van der Waals surface area contributed by atoms with Crippen molar-refractivity contribution in [3.8, 4) is 33.6 Å². The molecule has 0 aliphatic heterocycles. The number of hydrogen-bond donors (Lipinski definition) is 3. The molecule has 74 heavy (non-hydrogen) atoms. The molecule has 0 bridgehead atoms. The van der Waals surface area contributed by atoms with Crippen LogP contribution in [0.3, 0.4) is 0 Å². The minimum atomic E-state index is -0.900. The molecule has 4 fully saturated rings. The van der Waals surface area contributed by atoms with Gasteiger partial charge in [-0.05, 0) is 139 Å².